The average Bonchev–Trinajstić information content (AvgIpc) is 2.83. The number of ketones is 1. The van der Waals surface area contributed by atoms with Gasteiger partial charge in [-0.15, -0.1) is 0 Å². The van der Waals surface area contributed by atoms with Gasteiger partial charge in [0.25, 0.3) is 0 Å². The van der Waals surface area contributed by atoms with Gasteiger partial charge in [-0.05, 0) is 63.4 Å². The molecule has 192 valence electrons. The summed E-state index contributed by atoms with van der Waals surface area (Å²) in [5.74, 6) is -0.484. The first-order valence-electron chi connectivity index (χ1n) is 11.7. The normalized spacial score (nSPS) is 23.7. The molecular weight excluding hydrogens is 462 g/mol. The number of carbonyl (C=O) groups excluding carboxylic acids is 2. The van der Waals surface area contributed by atoms with E-state index in [1.54, 1.807) is 0 Å². The number of nitrogens with zero attached hydrogens (tertiary/aromatic N) is 3. The molecule has 0 bridgehead atoms. The lowest BCUT2D eigenvalue weighted by Gasteiger charge is -2.46. The molecule has 0 N–H and O–H groups in total. The van der Waals surface area contributed by atoms with E-state index in [1.807, 2.05) is 4.90 Å². The molecule has 0 aromatic heterocycles. The van der Waals surface area contributed by atoms with Crippen molar-refractivity contribution in [2.75, 3.05) is 74.3 Å². The van der Waals surface area contributed by atoms with Crippen molar-refractivity contribution in [3.05, 3.63) is 22.8 Å². The van der Waals surface area contributed by atoms with Crippen molar-refractivity contribution < 1.29 is 32.2 Å². The Morgan fingerprint density at radius 2 is 1.74 bits per heavy atom. The van der Waals surface area contributed by atoms with Crippen LogP contribution in [0.25, 0.3) is 0 Å². The Morgan fingerprint density at radius 1 is 1.12 bits per heavy atom. The van der Waals surface area contributed by atoms with Gasteiger partial charge in [-0.3, -0.25) is 9.59 Å². The molecule has 2 fully saturated rings. The van der Waals surface area contributed by atoms with Crippen LogP contribution in [0.5, 0.6) is 0 Å². The van der Waals surface area contributed by atoms with Crippen molar-refractivity contribution in [2.45, 2.75) is 31.8 Å². The van der Waals surface area contributed by atoms with E-state index >= 15 is 0 Å². The van der Waals surface area contributed by atoms with Crippen molar-refractivity contribution >= 4 is 21.7 Å². The average molecular weight is 500 g/mol. The maximum absolute atomic E-state index is 13.1. The molecule has 2 saturated heterocycles. The lowest BCUT2D eigenvalue weighted by Crippen LogP contribution is -2.48. The van der Waals surface area contributed by atoms with Gasteiger partial charge < -0.3 is 24.0 Å². The third-order valence-electron chi connectivity index (χ3n) is 7.28. The maximum Gasteiger partial charge on any atom is 0.248 e. The van der Waals surface area contributed by atoms with Gasteiger partial charge in [0.1, 0.15) is 17.3 Å². The summed E-state index contributed by atoms with van der Waals surface area (Å²) in [5.41, 5.74) is 0.368. The molecule has 1 amide bonds. The van der Waals surface area contributed by atoms with E-state index in [0.29, 0.717) is 5.41 Å². The number of amides is 1. The van der Waals surface area contributed by atoms with Gasteiger partial charge in [-0.2, -0.15) is 4.31 Å². The zero-order valence-electron chi connectivity index (χ0n) is 20.6. The lowest BCUT2D eigenvalue weighted by atomic mass is 9.71. The summed E-state index contributed by atoms with van der Waals surface area (Å²) in [4.78, 5) is 28.7. The zero-order chi connectivity index (χ0) is 24.9. The van der Waals surface area contributed by atoms with Crippen LogP contribution in [-0.2, 0) is 33.8 Å². The molecule has 1 spiro atoms. The van der Waals surface area contributed by atoms with Gasteiger partial charge in [0.05, 0.1) is 13.7 Å². The van der Waals surface area contributed by atoms with Gasteiger partial charge >= 0.3 is 0 Å². The van der Waals surface area contributed by atoms with E-state index in [2.05, 4.69) is 11.9 Å². The Labute approximate surface area is 202 Å². The largest absolute Gasteiger partial charge is 0.496 e. The van der Waals surface area contributed by atoms with Gasteiger partial charge in [0, 0.05) is 33.8 Å². The van der Waals surface area contributed by atoms with Crippen LogP contribution in [0.15, 0.2) is 22.8 Å². The quantitative estimate of drug-likeness (QED) is 0.425. The summed E-state index contributed by atoms with van der Waals surface area (Å²) in [7, 11) is 2.10. The van der Waals surface area contributed by atoms with Crippen LogP contribution in [0.2, 0.25) is 0 Å². The van der Waals surface area contributed by atoms with Gasteiger partial charge in [-0.25, -0.2) is 8.42 Å². The Bertz CT molecular complexity index is 913. The second-order valence-electron chi connectivity index (χ2n) is 9.35. The minimum Gasteiger partial charge on any atom is -0.496 e. The number of hydrogen-bond donors (Lipinski definition) is 0. The molecule has 1 aliphatic carbocycles. The van der Waals surface area contributed by atoms with E-state index in [9.17, 15) is 18.0 Å². The standard InChI is InChI=1S/C23H37N3O7S/c1-24-11-7-23(8-12-24)9-13-26(14-10-23)20(28)17-33-16-15-25(2)34(29,30)22-19(31-3)6-5-18(27)21(22)32-4/h5-6,21H,7-17H2,1-4H3. The van der Waals surface area contributed by atoms with Crippen LogP contribution in [-0.4, -0.2) is 115 Å². The number of sulfonamides is 1. The third-order valence-corrected chi connectivity index (χ3v) is 9.26. The molecule has 2 heterocycles. The molecule has 34 heavy (non-hydrogen) atoms. The molecular formula is C23H37N3O7S. The number of carbonyl (C=O) groups is 2. The molecule has 1 atom stereocenters. The SMILES string of the molecule is COC1=C(S(=O)(=O)N(C)CCOCC(=O)N2CCC3(CCN(C)CC3)CC2)C(OC)C(=O)C=C1. The summed E-state index contributed by atoms with van der Waals surface area (Å²) in [6.07, 6.45) is 5.72. The molecule has 0 saturated carbocycles. The smallest absolute Gasteiger partial charge is 0.248 e. The number of hydrogen-bond acceptors (Lipinski definition) is 8. The highest BCUT2D eigenvalue weighted by molar-refractivity contribution is 7.93. The number of ether oxygens (including phenoxy) is 3. The fraction of sp³-hybridized carbons (Fsp3) is 0.739. The van der Waals surface area contributed by atoms with Gasteiger partial charge in [0.15, 0.2) is 11.9 Å². The van der Waals surface area contributed by atoms with Crippen LogP contribution in [0, 0.1) is 5.41 Å². The predicted octanol–water partition coefficient (Wildman–Crippen LogP) is 0.611. The van der Waals surface area contributed by atoms with Crippen LogP contribution in [0.4, 0.5) is 0 Å². The number of piperidine rings is 2. The van der Waals surface area contributed by atoms with Crippen molar-refractivity contribution in [1.29, 1.82) is 0 Å². The van der Waals surface area contributed by atoms with Crippen molar-refractivity contribution in [3.63, 3.8) is 0 Å². The van der Waals surface area contributed by atoms with Gasteiger partial charge in [0.2, 0.25) is 15.9 Å². The van der Waals surface area contributed by atoms with Crippen LogP contribution >= 0.6 is 0 Å². The number of rotatable bonds is 9. The number of likely N-dealkylation sites (N-methyl/N-ethyl adjacent to an activating group) is 1. The molecule has 0 aromatic rings. The number of methoxy groups -OCH3 is 2. The Hall–Kier alpha value is -1.79. The first-order chi connectivity index (χ1) is 16.1. The summed E-state index contributed by atoms with van der Waals surface area (Å²) in [5, 5.41) is 0. The molecule has 0 radical (unpaired) electrons. The van der Waals surface area contributed by atoms with E-state index < -0.39 is 21.9 Å². The fourth-order valence-corrected chi connectivity index (χ4v) is 6.33. The van der Waals surface area contributed by atoms with Crippen LogP contribution in [0.1, 0.15) is 25.7 Å². The second kappa shape index (κ2) is 11.3. The lowest BCUT2D eigenvalue weighted by molar-refractivity contribution is -0.139. The van der Waals surface area contributed by atoms with Crippen LogP contribution < -0.4 is 0 Å². The fourth-order valence-electron chi connectivity index (χ4n) is 4.80. The molecule has 3 aliphatic rings. The Balaban J connectivity index is 1.47. The molecule has 0 aromatic carbocycles. The molecule has 1 unspecified atom stereocenters. The van der Waals surface area contributed by atoms with E-state index in [0.717, 1.165) is 43.3 Å². The summed E-state index contributed by atoms with van der Waals surface area (Å²) in [6, 6.07) is 0. The van der Waals surface area contributed by atoms with Crippen molar-refractivity contribution in [1.82, 2.24) is 14.1 Å². The molecule has 2 aliphatic heterocycles. The zero-order valence-corrected chi connectivity index (χ0v) is 21.4. The topological polar surface area (TPSA) is 106 Å². The van der Waals surface area contributed by atoms with E-state index in [-0.39, 0.29) is 36.3 Å². The maximum atomic E-state index is 13.1. The molecule has 11 heteroatoms. The number of likely N-dealkylation sites (tertiary alicyclic amines) is 2. The highest BCUT2D eigenvalue weighted by Gasteiger charge is 2.39. The van der Waals surface area contributed by atoms with E-state index in [1.165, 1.54) is 46.3 Å². The first kappa shape index (κ1) is 26.8. The van der Waals surface area contributed by atoms with Crippen LogP contribution in [0.3, 0.4) is 0 Å². The highest BCUT2D eigenvalue weighted by atomic mass is 32.2. The Kier molecular flexibility index (Phi) is 8.91. The molecule has 10 nitrogen and oxygen atoms in total. The molecule has 3 rings (SSSR count). The minimum atomic E-state index is -4.05. The third kappa shape index (κ3) is 5.88. The van der Waals surface area contributed by atoms with Gasteiger partial charge in [-0.1, -0.05) is 0 Å². The Morgan fingerprint density at radius 3 is 2.32 bits per heavy atom. The highest BCUT2D eigenvalue weighted by Crippen LogP contribution is 2.40. The monoisotopic (exact) mass is 499 g/mol. The summed E-state index contributed by atoms with van der Waals surface area (Å²) < 4.78 is 43.1. The second-order valence-corrected chi connectivity index (χ2v) is 11.4. The summed E-state index contributed by atoms with van der Waals surface area (Å²) >= 11 is 0. The first-order valence-corrected chi connectivity index (χ1v) is 13.1. The number of allylic oxidation sites excluding steroid dienone is 1. The minimum absolute atomic E-state index is 0.0150. The van der Waals surface area contributed by atoms with Crippen molar-refractivity contribution in [3.8, 4) is 0 Å². The van der Waals surface area contributed by atoms with E-state index in [4.69, 9.17) is 14.2 Å². The predicted molar refractivity (Wildman–Crippen MR) is 126 cm³/mol. The van der Waals surface area contributed by atoms with Crippen molar-refractivity contribution in [2.24, 2.45) is 5.41 Å². The summed E-state index contributed by atoms with van der Waals surface area (Å²) in [6.45, 7) is 3.70.